The zero-order valence-corrected chi connectivity index (χ0v) is 22.2. The normalized spacial score (nSPS) is 21.5. The Morgan fingerprint density at radius 2 is 1.73 bits per heavy atom. The van der Waals surface area contributed by atoms with Crippen LogP contribution in [0.4, 0.5) is 0 Å². The van der Waals surface area contributed by atoms with Crippen molar-refractivity contribution in [1.29, 1.82) is 0 Å². The number of benzene rings is 2. The zero-order valence-electron chi connectivity index (χ0n) is 22.2. The van der Waals surface area contributed by atoms with E-state index in [9.17, 15) is 10.2 Å². The third kappa shape index (κ3) is 8.14. The fourth-order valence-corrected chi connectivity index (χ4v) is 5.06. The van der Waals surface area contributed by atoms with Crippen LogP contribution >= 0.6 is 0 Å². The van der Waals surface area contributed by atoms with Crippen LogP contribution in [0.15, 0.2) is 78.4 Å². The molecule has 1 heterocycles. The van der Waals surface area contributed by atoms with Gasteiger partial charge in [0.2, 0.25) is 0 Å². The van der Waals surface area contributed by atoms with Gasteiger partial charge in [0.05, 0.1) is 5.60 Å². The molecule has 5 nitrogen and oxygen atoms in total. The molecule has 0 unspecified atom stereocenters. The van der Waals surface area contributed by atoms with E-state index in [1.165, 1.54) is 18.4 Å². The highest BCUT2D eigenvalue weighted by molar-refractivity contribution is 6.00. The molecule has 1 aliphatic carbocycles. The maximum Gasteiger partial charge on any atom is 0.119 e. The van der Waals surface area contributed by atoms with E-state index in [1.807, 2.05) is 25.1 Å². The number of nitrogens with zero attached hydrogens (tertiary/aromatic N) is 1. The van der Waals surface area contributed by atoms with E-state index < -0.39 is 5.60 Å². The first kappa shape index (κ1) is 27.3. The van der Waals surface area contributed by atoms with Crippen molar-refractivity contribution in [2.75, 3.05) is 45.9 Å². The maximum atomic E-state index is 10.5. The number of ether oxygens (including phenoxy) is 1. The molecule has 0 saturated carbocycles. The molecule has 2 aliphatic rings. The lowest BCUT2D eigenvalue weighted by molar-refractivity contribution is 0.114. The van der Waals surface area contributed by atoms with E-state index in [2.05, 4.69) is 64.8 Å². The summed E-state index contributed by atoms with van der Waals surface area (Å²) in [5, 5.41) is 23.6. The van der Waals surface area contributed by atoms with Gasteiger partial charge in [0, 0.05) is 13.2 Å². The third-order valence-electron chi connectivity index (χ3n) is 7.13. The molecule has 3 N–H and O–H groups in total. The summed E-state index contributed by atoms with van der Waals surface area (Å²) in [6.07, 6.45) is 10.4. The van der Waals surface area contributed by atoms with Crippen molar-refractivity contribution in [1.82, 2.24) is 10.2 Å². The number of nitrogens with one attached hydrogen (secondary N) is 1. The number of hydrogen-bond acceptors (Lipinski definition) is 5. The summed E-state index contributed by atoms with van der Waals surface area (Å²) in [4.78, 5) is 2.50. The van der Waals surface area contributed by atoms with Gasteiger partial charge in [0.15, 0.2) is 0 Å². The lowest BCUT2D eigenvalue weighted by Gasteiger charge is -2.25. The predicted octanol–water partition coefficient (Wildman–Crippen LogP) is 5.07. The standard InChI is InChI=1S/C32H42N2O3/c1-32(36)17-15-28(16-18-32)31(30(10-5-24-35)26-8-3-2-4-9-26)27-11-13-29(14-12-27)37-25-23-34-21-6-19-33-20-7-22-34/h2-4,8-9,11-17,33,35-36H,5-7,10,18-25H2,1H3/b31-30+/t32-/m1/s1. The molecule has 0 spiro atoms. The molecule has 0 amide bonds. The van der Waals surface area contributed by atoms with Crippen LogP contribution in [0.5, 0.6) is 5.75 Å². The minimum atomic E-state index is -0.826. The quantitative estimate of drug-likeness (QED) is 0.396. The minimum Gasteiger partial charge on any atom is -0.492 e. The summed E-state index contributed by atoms with van der Waals surface area (Å²) >= 11 is 0. The van der Waals surface area contributed by atoms with E-state index in [1.54, 1.807) is 0 Å². The van der Waals surface area contributed by atoms with Gasteiger partial charge in [-0.25, -0.2) is 0 Å². The molecule has 1 atom stereocenters. The average Bonchev–Trinajstić information content (AvgIpc) is 2.89. The molecular formula is C32H42N2O3. The highest BCUT2D eigenvalue weighted by atomic mass is 16.5. The summed E-state index contributed by atoms with van der Waals surface area (Å²) in [6.45, 7) is 8.05. The third-order valence-corrected chi connectivity index (χ3v) is 7.13. The summed E-state index contributed by atoms with van der Waals surface area (Å²) in [7, 11) is 0. The van der Waals surface area contributed by atoms with Crippen LogP contribution in [0.1, 0.15) is 50.2 Å². The molecule has 1 fully saturated rings. The van der Waals surface area contributed by atoms with E-state index >= 15 is 0 Å². The molecule has 0 aromatic heterocycles. The van der Waals surface area contributed by atoms with Gasteiger partial charge in [-0.1, -0.05) is 60.7 Å². The van der Waals surface area contributed by atoms with Crippen LogP contribution < -0.4 is 10.1 Å². The molecule has 37 heavy (non-hydrogen) atoms. The Morgan fingerprint density at radius 1 is 1.00 bits per heavy atom. The fraction of sp³-hybridized carbons (Fsp3) is 0.438. The lowest BCUT2D eigenvalue weighted by atomic mass is 9.83. The minimum absolute atomic E-state index is 0.146. The van der Waals surface area contributed by atoms with Crippen LogP contribution in [0, 0.1) is 0 Å². The summed E-state index contributed by atoms with van der Waals surface area (Å²) in [6, 6.07) is 18.8. The van der Waals surface area contributed by atoms with Gasteiger partial charge >= 0.3 is 0 Å². The van der Waals surface area contributed by atoms with Crippen molar-refractivity contribution in [3.05, 3.63) is 89.5 Å². The van der Waals surface area contributed by atoms with Gasteiger partial charge in [-0.15, -0.1) is 0 Å². The second-order valence-corrected chi connectivity index (χ2v) is 10.3. The van der Waals surface area contributed by atoms with E-state index in [0.29, 0.717) is 19.4 Å². The molecule has 5 heteroatoms. The highest BCUT2D eigenvalue weighted by Crippen LogP contribution is 2.38. The average molecular weight is 503 g/mol. The van der Waals surface area contributed by atoms with Gasteiger partial charge < -0.3 is 20.3 Å². The number of allylic oxidation sites excluding steroid dienone is 4. The van der Waals surface area contributed by atoms with Crippen molar-refractivity contribution >= 4 is 11.1 Å². The zero-order chi connectivity index (χ0) is 25.9. The van der Waals surface area contributed by atoms with Crippen molar-refractivity contribution in [3.63, 3.8) is 0 Å². The van der Waals surface area contributed by atoms with Crippen molar-refractivity contribution in [2.45, 2.75) is 44.6 Å². The van der Waals surface area contributed by atoms with Gasteiger partial charge in [-0.05, 0) is 105 Å². The molecule has 2 aromatic carbocycles. The van der Waals surface area contributed by atoms with Crippen LogP contribution in [-0.4, -0.2) is 66.7 Å². The first-order chi connectivity index (χ1) is 18.1. The first-order valence-corrected chi connectivity index (χ1v) is 13.7. The first-order valence-electron chi connectivity index (χ1n) is 13.7. The largest absolute Gasteiger partial charge is 0.492 e. The topological polar surface area (TPSA) is 65.0 Å². The highest BCUT2D eigenvalue weighted by Gasteiger charge is 2.22. The van der Waals surface area contributed by atoms with Crippen LogP contribution in [0.2, 0.25) is 0 Å². The van der Waals surface area contributed by atoms with Crippen molar-refractivity contribution in [3.8, 4) is 5.75 Å². The molecule has 2 aromatic rings. The van der Waals surface area contributed by atoms with Crippen molar-refractivity contribution < 1.29 is 14.9 Å². The Kier molecular flexibility index (Phi) is 10.1. The Hall–Kier alpha value is -2.70. The molecule has 4 rings (SSSR count). The summed E-state index contributed by atoms with van der Waals surface area (Å²) in [5.41, 5.74) is 4.88. The van der Waals surface area contributed by atoms with Crippen LogP contribution in [0.25, 0.3) is 11.1 Å². The lowest BCUT2D eigenvalue weighted by Crippen LogP contribution is -2.36. The second-order valence-electron chi connectivity index (χ2n) is 10.3. The molecule has 1 saturated heterocycles. The number of rotatable bonds is 10. The smallest absolute Gasteiger partial charge is 0.119 e. The Balaban J connectivity index is 1.56. The number of aliphatic hydroxyl groups excluding tert-OH is 1. The van der Waals surface area contributed by atoms with E-state index in [0.717, 1.165) is 67.2 Å². The van der Waals surface area contributed by atoms with Gasteiger partial charge in [-0.3, -0.25) is 4.90 Å². The molecule has 198 valence electrons. The maximum absolute atomic E-state index is 10.5. The molecule has 1 aliphatic heterocycles. The molecule has 0 bridgehead atoms. The number of hydrogen-bond donors (Lipinski definition) is 3. The van der Waals surface area contributed by atoms with Gasteiger partial charge in [-0.2, -0.15) is 0 Å². The second kappa shape index (κ2) is 13.7. The van der Waals surface area contributed by atoms with Gasteiger partial charge in [0.25, 0.3) is 0 Å². The Bertz CT molecular complexity index is 1060. The van der Waals surface area contributed by atoms with Crippen LogP contribution in [-0.2, 0) is 0 Å². The van der Waals surface area contributed by atoms with Crippen molar-refractivity contribution in [2.24, 2.45) is 0 Å². The fourth-order valence-electron chi connectivity index (χ4n) is 5.06. The Morgan fingerprint density at radius 3 is 2.38 bits per heavy atom. The predicted molar refractivity (Wildman–Crippen MR) is 153 cm³/mol. The molecule has 0 radical (unpaired) electrons. The summed E-state index contributed by atoms with van der Waals surface area (Å²) < 4.78 is 6.13. The summed E-state index contributed by atoms with van der Waals surface area (Å²) in [5.74, 6) is 0.879. The number of aliphatic hydroxyl groups is 2. The molecular weight excluding hydrogens is 460 g/mol. The van der Waals surface area contributed by atoms with E-state index in [4.69, 9.17) is 4.74 Å². The Labute approximate surface area is 222 Å². The SMILES string of the molecule is C[C@@]1(O)C=CC(/C(=C(\CCCO)c2ccccc2)c2ccc(OCCN3CCCNCCC3)cc2)=CC1. The monoisotopic (exact) mass is 502 g/mol. The van der Waals surface area contributed by atoms with Crippen LogP contribution in [0.3, 0.4) is 0 Å². The van der Waals surface area contributed by atoms with E-state index in [-0.39, 0.29) is 6.61 Å². The van der Waals surface area contributed by atoms with Gasteiger partial charge in [0.1, 0.15) is 12.4 Å².